The predicted molar refractivity (Wildman–Crippen MR) is 112 cm³/mol. The van der Waals surface area contributed by atoms with Crippen molar-refractivity contribution in [3.8, 4) is 0 Å². The topological polar surface area (TPSA) is 114 Å². The van der Waals surface area contributed by atoms with Crippen molar-refractivity contribution in [1.82, 2.24) is 14.2 Å². The molecule has 2 saturated heterocycles. The molecule has 3 fully saturated rings. The van der Waals surface area contributed by atoms with Crippen LogP contribution in [0.15, 0.2) is 24.4 Å². The van der Waals surface area contributed by atoms with Crippen LogP contribution in [0.2, 0.25) is 0 Å². The van der Waals surface area contributed by atoms with Crippen molar-refractivity contribution < 1.29 is 18.0 Å². The monoisotopic (exact) mass is 434 g/mol. The Morgan fingerprint density at radius 3 is 2.67 bits per heavy atom. The van der Waals surface area contributed by atoms with Crippen molar-refractivity contribution in [3.63, 3.8) is 0 Å². The summed E-state index contributed by atoms with van der Waals surface area (Å²) >= 11 is 0. The van der Waals surface area contributed by atoms with Crippen LogP contribution in [0.3, 0.4) is 0 Å². The molecule has 3 unspecified atom stereocenters. The Morgan fingerprint density at radius 2 is 1.97 bits per heavy atom. The average molecular weight is 435 g/mol. The van der Waals surface area contributed by atoms with Gasteiger partial charge in [-0.2, -0.15) is 4.31 Å². The van der Waals surface area contributed by atoms with E-state index in [-0.39, 0.29) is 24.0 Å². The normalized spacial score (nSPS) is 26.7. The first-order chi connectivity index (χ1) is 14.4. The molecule has 4 rings (SSSR count). The summed E-state index contributed by atoms with van der Waals surface area (Å²) in [6.07, 6.45) is 8.46. The van der Waals surface area contributed by atoms with Gasteiger partial charge in [0.2, 0.25) is 15.9 Å². The molecule has 9 heteroatoms. The van der Waals surface area contributed by atoms with Crippen LogP contribution in [0.25, 0.3) is 0 Å². The first kappa shape index (κ1) is 21.4. The summed E-state index contributed by atoms with van der Waals surface area (Å²) < 4.78 is 27.2. The molecule has 1 aromatic rings. The molecule has 1 aromatic heterocycles. The highest BCUT2D eigenvalue weighted by molar-refractivity contribution is 7.88. The minimum atomic E-state index is -3.71. The second kappa shape index (κ2) is 8.72. The van der Waals surface area contributed by atoms with Gasteiger partial charge in [0.25, 0.3) is 0 Å². The van der Waals surface area contributed by atoms with Gasteiger partial charge in [0, 0.05) is 12.7 Å². The summed E-state index contributed by atoms with van der Waals surface area (Å²) in [5.74, 6) is -0.226. The maximum atomic E-state index is 13.0. The minimum Gasteiger partial charge on any atom is -0.330 e. The Balaban J connectivity index is 1.44. The van der Waals surface area contributed by atoms with E-state index in [0.29, 0.717) is 31.0 Å². The molecule has 0 radical (unpaired) electrons. The summed E-state index contributed by atoms with van der Waals surface area (Å²) in [7, 11) is -3.71. The molecule has 8 nitrogen and oxygen atoms in total. The fourth-order valence-corrected chi connectivity index (χ4v) is 6.90. The number of aromatic nitrogens is 1. The lowest BCUT2D eigenvalue weighted by molar-refractivity contribution is -0.137. The number of rotatable bonds is 6. The number of sulfonamides is 1. The lowest BCUT2D eigenvalue weighted by atomic mass is 9.84. The number of carbonyl (C=O) groups excluding carboxylic acids is 2. The Morgan fingerprint density at radius 1 is 1.20 bits per heavy atom. The van der Waals surface area contributed by atoms with Crippen molar-refractivity contribution in [2.75, 3.05) is 13.1 Å². The standard InChI is InChI=1S/C21H30N4O4S/c22-17(12-15-6-2-1-3-7-15)21(27)24-11-9-18-20(24)19(26)13-25(18)30(28,29)14-16-8-4-5-10-23-16/h4-5,8,10,15,17-18,20H,1-3,6-7,9,11-14,22H2. The zero-order chi connectivity index (χ0) is 21.3. The summed E-state index contributed by atoms with van der Waals surface area (Å²) in [5, 5.41) is 0. The van der Waals surface area contributed by atoms with Gasteiger partial charge in [-0.3, -0.25) is 14.6 Å². The first-order valence-electron chi connectivity index (χ1n) is 10.8. The Kier molecular flexibility index (Phi) is 6.22. The number of Topliss-reactive ketones (excluding diaryl/α,β-unsaturated/α-hetero) is 1. The molecule has 1 saturated carbocycles. The zero-order valence-corrected chi connectivity index (χ0v) is 18.0. The number of pyridine rings is 1. The van der Waals surface area contributed by atoms with Crippen LogP contribution in [-0.4, -0.2) is 65.5 Å². The van der Waals surface area contributed by atoms with Gasteiger partial charge in [0.05, 0.1) is 24.3 Å². The quantitative estimate of drug-likeness (QED) is 0.716. The van der Waals surface area contributed by atoms with E-state index in [1.807, 2.05) is 0 Å². The van der Waals surface area contributed by atoms with Crippen molar-refractivity contribution in [2.45, 2.75) is 68.8 Å². The van der Waals surface area contributed by atoms with E-state index in [9.17, 15) is 18.0 Å². The number of likely N-dealkylation sites (tertiary alicyclic amines) is 1. The third-order valence-corrected chi connectivity index (χ3v) is 8.48. The van der Waals surface area contributed by atoms with Gasteiger partial charge in [-0.15, -0.1) is 0 Å². The third kappa shape index (κ3) is 4.29. The van der Waals surface area contributed by atoms with E-state index in [0.717, 1.165) is 12.8 Å². The highest BCUT2D eigenvalue weighted by Crippen LogP contribution is 2.34. The molecule has 1 amide bonds. The molecule has 3 heterocycles. The van der Waals surface area contributed by atoms with Crippen molar-refractivity contribution >= 4 is 21.7 Å². The van der Waals surface area contributed by atoms with Gasteiger partial charge in [-0.05, 0) is 30.9 Å². The van der Waals surface area contributed by atoms with Crippen LogP contribution in [-0.2, 0) is 25.4 Å². The van der Waals surface area contributed by atoms with Gasteiger partial charge in [-0.1, -0.05) is 38.2 Å². The van der Waals surface area contributed by atoms with Crippen molar-refractivity contribution in [1.29, 1.82) is 0 Å². The Bertz CT molecular complexity index is 886. The number of hydrogen-bond acceptors (Lipinski definition) is 6. The zero-order valence-electron chi connectivity index (χ0n) is 17.2. The highest BCUT2D eigenvalue weighted by Gasteiger charge is 2.53. The maximum Gasteiger partial charge on any atom is 0.240 e. The number of ketones is 1. The van der Waals surface area contributed by atoms with Crippen molar-refractivity contribution in [3.05, 3.63) is 30.1 Å². The maximum absolute atomic E-state index is 13.0. The van der Waals surface area contributed by atoms with Gasteiger partial charge in [0.15, 0.2) is 5.78 Å². The second-order valence-electron chi connectivity index (χ2n) is 8.77. The minimum absolute atomic E-state index is 0.188. The molecule has 0 aromatic carbocycles. The molecule has 2 N–H and O–H groups in total. The van der Waals surface area contributed by atoms with E-state index in [1.54, 1.807) is 24.4 Å². The van der Waals surface area contributed by atoms with E-state index in [1.165, 1.54) is 28.5 Å². The first-order valence-corrected chi connectivity index (χ1v) is 12.5. The number of nitrogens with two attached hydrogens (primary N) is 1. The van der Waals surface area contributed by atoms with Gasteiger partial charge >= 0.3 is 0 Å². The van der Waals surface area contributed by atoms with E-state index < -0.39 is 28.1 Å². The van der Waals surface area contributed by atoms with Crippen LogP contribution in [0.5, 0.6) is 0 Å². The summed E-state index contributed by atoms with van der Waals surface area (Å²) in [6, 6.07) is 3.27. The molecule has 0 bridgehead atoms. The molecule has 30 heavy (non-hydrogen) atoms. The van der Waals surface area contributed by atoms with Crippen LogP contribution < -0.4 is 5.73 Å². The molecule has 1 aliphatic carbocycles. The van der Waals surface area contributed by atoms with E-state index in [2.05, 4.69) is 4.98 Å². The van der Waals surface area contributed by atoms with Gasteiger partial charge in [-0.25, -0.2) is 8.42 Å². The molecule has 0 spiro atoms. The molecule has 3 aliphatic rings. The Hall–Kier alpha value is -1.84. The number of amides is 1. The molecular weight excluding hydrogens is 404 g/mol. The summed E-state index contributed by atoms with van der Waals surface area (Å²) in [5.41, 5.74) is 6.67. The predicted octanol–water partition coefficient (Wildman–Crippen LogP) is 1.06. The summed E-state index contributed by atoms with van der Waals surface area (Å²) in [4.78, 5) is 31.4. The van der Waals surface area contributed by atoms with Crippen LogP contribution in [0, 0.1) is 5.92 Å². The van der Waals surface area contributed by atoms with E-state index in [4.69, 9.17) is 5.73 Å². The highest BCUT2D eigenvalue weighted by atomic mass is 32.2. The van der Waals surface area contributed by atoms with Crippen LogP contribution >= 0.6 is 0 Å². The van der Waals surface area contributed by atoms with Crippen LogP contribution in [0.4, 0.5) is 0 Å². The molecule has 164 valence electrons. The van der Waals surface area contributed by atoms with E-state index >= 15 is 0 Å². The number of carbonyl (C=O) groups is 2. The van der Waals surface area contributed by atoms with Gasteiger partial charge < -0.3 is 10.6 Å². The fourth-order valence-electron chi connectivity index (χ4n) is 5.23. The largest absolute Gasteiger partial charge is 0.330 e. The number of nitrogens with zero attached hydrogens (tertiary/aromatic N) is 3. The summed E-state index contributed by atoms with van der Waals surface area (Å²) in [6.45, 7) is 0.181. The lowest BCUT2D eigenvalue weighted by Crippen LogP contribution is -2.50. The Labute approximate surface area is 177 Å². The molecule has 2 aliphatic heterocycles. The SMILES string of the molecule is NC(CC1CCCCC1)C(=O)N1CCC2C1C(=O)CN2S(=O)(=O)Cc1ccccn1. The molecular formula is C21H30N4O4S. The lowest BCUT2D eigenvalue weighted by Gasteiger charge is -2.29. The fraction of sp³-hybridized carbons (Fsp3) is 0.667. The van der Waals surface area contributed by atoms with Crippen molar-refractivity contribution in [2.24, 2.45) is 11.7 Å². The molecule has 3 atom stereocenters. The third-order valence-electron chi connectivity index (χ3n) is 6.70. The number of fused-ring (bicyclic) bond motifs is 1. The van der Waals surface area contributed by atoms with Gasteiger partial charge in [0.1, 0.15) is 11.8 Å². The number of hydrogen-bond donors (Lipinski definition) is 1. The smallest absolute Gasteiger partial charge is 0.240 e. The second-order valence-corrected chi connectivity index (χ2v) is 10.7. The average Bonchev–Trinajstić information content (AvgIpc) is 3.30. The van der Waals surface area contributed by atoms with Crippen LogP contribution in [0.1, 0.15) is 50.6 Å².